The van der Waals surface area contributed by atoms with E-state index in [-0.39, 0.29) is 18.8 Å². The lowest BCUT2D eigenvalue weighted by Gasteiger charge is -2.24. The molecular weight excluding hydrogens is 470 g/mol. The van der Waals surface area contributed by atoms with Crippen molar-refractivity contribution in [2.75, 3.05) is 0 Å². The van der Waals surface area contributed by atoms with Gasteiger partial charge < -0.3 is 36.9 Å². The molecule has 3 amide bonds. The van der Waals surface area contributed by atoms with Crippen LogP contribution in [0.1, 0.15) is 39.2 Å². The number of benzene rings is 1. The Morgan fingerprint density at radius 1 is 0.917 bits per heavy atom. The predicted octanol–water partition coefficient (Wildman–Crippen LogP) is 0.117. The van der Waals surface area contributed by atoms with Crippen molar-refractivity contribution in [2.24, 2.45) is 11.7 Å². The first-order valence-corrected chi connectivity index (χ1v) is 11.6. The number of carbonyl (C=O) groups is 5. The van der Waals surface area contributed by atoms with E-state index in [1.165, 1.54) is 6.92 Å². The average molecular weight is 504 g/mol. The number of hydrogen-bond donors (Lipinski definition) is 7. The van der Waals surface area contributed by atoms with Crippen molar-refractivity contribution in [3.63, 3.8) is 0 Å². The highest BCUT2D eigenvalue weighted by atomic mass is 16.4. The Balaban J connectivity index is 2.23. The molecule has 1 aromatic carbocycles. The Hall–Kier alpha value is -3.93. The van der Waals surface area contributed by atoms with Gasteiger partial charge in [-0.1, -0.05) is 32.0 Å². The van der Waals surface area contributed by atoms with Crippen molar-refractivity contribution in [1.29, 1.82) is 0 Å². The summed E-state index contributed by atoms with van der Waals surface area (Å²) in [7, 11) is 0. The number of aliphatic carboxylic acids is 2. The number of amides is 3. The molecule has 12 heteroatoms. The minimum absolute atomic E-state index is 0.0129. The monoisotopic (exact) mass is 503 g/mol. The summed E-state index contributed by atoms with van der Waals surface area (Å²) in [6.07, 6.45) is 0.904. The van der Waals surface area contributed by atoms with Crippen LogP contribution in [0.4, 0.5) is 0 Å². The molecule has 36 heavy (non-hydrogen) atoms. The van der Waals surface area contributed by atoms with Gasteiger partial charge in [0.05, 0.1) is 6.04 Å². The van der Waals surface area contributed by atoms with Gasteiger partial charge in [0.25, 0.3) is 0 Å². The summed E-state index contributed by atoms with van der Waals surface area (Å²) < 4.78 is 0. The molecule has 0 aliphatic carbocycles. The highest BCUT2D eigenvalue weighted by Crippen LogP contribution is 2.19. The molecule has 0 aliphatic rings. The van der Waals surface area contributed by atoms with Gasteiger partial charge in [-0.15, -0.1) is 0 Å². The standard InChI is InChI=1S/C24H33N5O7/c1-12(2)20(25)23(34)27-13(3)21(32)29-18(10-14-11-26-16-7-5-4-6-15(14)16)22(33)28-17(24(35)36)8-9-19(30)31/h4-7,11-13,17-18,20,26H,8-10,25H2,1-3H3,(H,27,34)(H,28,33)(H,29,32)(H,30,31)(H,35,36). The van der Waals surface area contributed by atoms with Gasteiger partial charge in [0.1, 0.15) is 18.1 Å². The first-order chi connectivity index (χ1) is 16.9. The third kappa shape index (κ3) is 7.80. The summed E-state index contributed by atoms with van der Waals surface area (Å²) in [6, 6.07) is 2.81. The number of aromatic nitrogens is 1. The lowest BCUT2D eigenvalue weighted by Crippen LogP contribution is -2.57. The molecule has 0 fully saturated rings. The van der Waals surface area contributed by atoms with E-state index in [9.17, 15) is 29.1 Å². The Morgan fingerprint density at radius 3 is 2.17 bits per heavy atom. The number of carboxylic acids is 2. The minimum Gasteiger partial charge on any atom is -0.481 e. The third-order valence-corrected chi connectivity index (χ3v) is 5.77. The van der Waals surface area contributed by atoms with Crippen molar-refractivity contribution >= 4 is 40.6 Å². The molecule has 0 aliphatic heterocycles. The zero-order valence-corrected chi connectivity index (χ0v) is 20.4. The highest BCUT2D eigenvalue weighted by molar-refractivity contribution is 5.94. The van der Waals surface area contributed by atoms with Gasteiger partial charge in [-0.05, 0) is 30.9 Å². The Labute approximate surface area is 208 Å². The second kappa shape index (κ2) is 12.7. The van der Waals surface area contributed by atoms with Crippen molar-refractivity contribution in [3.05, 3.63) is 36.0 Å². The van der Waals surface area contributed by atoms with E-state index in [2.05, 4.69) is 20.9 Å². The van der Waals surface area contributed by atoms with Crippen molar-refractivity contribution < 1.29 is 34.2 Å². The number of rotatable bonds is 13. The van der Waals surface area contributed by atoms with Crippen LogP contribution in [0.3, 0.4) is 0 Å². The van der Waals surface area contributed by atoms with Gasteiger partial charge in [0.2, 0.25) is 17.7 Å². The van der Waals surface area contributed by atoms with Crippen molar-refractivity contribution in [3.8, 4) is 0 Å². The molecular formula is C24H33N5O7. The smallest absolute Gasteiger partial charge is 0.326 e. The lowest BCUT2D eigenvalue weighted by molar-refractivity contribution is -0.143. The zero-order chi connectivity index (χ0) is 27.0. The topological polar surface area (TPSA) is 204 Å². The first kappa shape index (κ1) is 28.3. The number of carboxylic acid groups (broad SMARTS) is 2. The molecule has 0 saturated carbocycles. The maximum absolute atomic E-state index is 13.1. The summed E-state index contributed by atoms with van der Waals surface area (Å²) >= 11 is 0. The molecule has 0 saturated heterocycles. The zero-order valence-electron chi connectivity index (χ0n) is 20.4. The van der Waals surface area contributed by atoms with E-state index in [1.807, 2.05) is 24.3 Å². The maximum atomic E-state index is 13.1. The molecule has 1 heterocycles. The predicted molar refractivity (Wildman–Crippen MR) is 131 cm³/mol. The van der Waals surface area contributed by atoms with E-state index < -0.39 is 60.2 Å². The Bertz CT molecular complexity index is 1110. The van der Waals surface area contributed by atoms with E-state index in [0.717, 1.165) is 10.9 Å². The number of para-hydroxylation sites is 1. The quantitative estimate of drug-likeness (QED) is 0.199. The fraction of sp³-hybridized carbons (Fsp3) is 0.458. The number of nitrogens with two attached hydrogens (primary N) is 1. The summed E-state index contributed by atoms with van der Waals surface area (Å²) in [5.41, 5.74) is 7.33. The van der Waals surface area contributed by atoms with Gasteiger partial charge in [-0.3, -0.25) is 19.2 Å². The molecule has 4 atom stereocenters. The number of carbonyl (C=O) groups excluding carboxylic acids is 3. The van der Waals surface area contributed by atoms with Crippen LogP contribution in [0.25, 0.3) is 10.9 Å². The molecule has 2 rings (SSSR count). The van der Waals surface area contributed by atoms with Gasteiger partial charge >= 0.3 is 11.9 Å². The molecule has 0 spiro atoms. The van der Waals surface area contributed by atoms with Crippen LogP contribution >= 0.6 is 0 Å². The molecule has 8 N–H and O–H groups in total. The Kier molecular flexibility index (Phi) is 9.97. The number of hydrogen-bond acceptors (Lipinski definition) is 6. The van der Waals surface area contributed by atoms with Crippen LogP contribution in [-0.2, 0) is 30.4 Å². The van der Waals surface area contributed by atoms with E-state index in [1.54, 1.807) is 20.0 Å². The largest absolute Gasteiger partial charge is 0.481 e. The highest BCUT2D eigenvalue weighted by Gasteiger charge is 2.30. The van der Waals surface area contributed by atoms with E-state index in [0.29, 0.717) is 5.56 Å². The van der Waals surface area contributed by atoms with Crippen molar-refractivity contribution in [1.82, 2.24) is 20.9 Å². The third-order valence-electron chi connectivity index (χ3n) is 5.77. The van der Waals surface area contributed by atoms with Gasteiger partial charge in [-0.2, -0.15) is 0 Å². The molecule has 0 bridgehead atoms. The molecule has 196 valence electrons. The van der Waals surface area contributed by atoms with Crippen LogP contribution in [0.2, 0.25) is 0 Å². The SMILES string of the molecule is CC(NC(=O)C(N)C(C)C)C(=O)NC(Cc1c[nH]c2ccccc12)C(=O)NC(CCC(=O)O)C(=O)O. The molecule has 1 aromatic heterocycles. The molecule has 0 radical (unpaired) electrons. The van der Waals surface area contributed by atoms with E-state index >= 15 is 0 Å². The second-order valence-electron chi connectivity index (χ2n) is 8.96. The fourth-order valence-electron chi connectivity index (χ4n) is 3.50. The van der Waals surface area contributed by atoms with Crippen LogP contribution < -0.4 is 21.7 Å². The van der Waals surface area contributed by atoms with Gasteiger partial charge in [0, 0.05) is 29.9 Å². The van der Waals surface area contributed by atoms with Crippen molar-refractivity contribution in [2.45, 2.75) is 64.2 Å². The average Bonchev–Trinajstić information content (AvgIpc) is 3.22. The van der Waals surface area contributed by atoms with E-state index in [4.69, 9.17) is 10.8 Å². The van der Waals surface area contributed by atoms with Crippen LogP contribution in [0.15, 0.2) is 30.5 Å². The first-order valence-electron chi connectivity index (χ1n) is 11.6. The summed E-state index contributed by atoms with van der Waals surface area (Å²) in [5.74, 6) is -4.75. The minimum atomic E-state index is -1.46. The number of nitrogens with one attached hydrogen (secondary N) is 4. The number of fused-ring (bicyclic) bond motifs is 1. The summed E-state index contributed by atoms with van der Waals surface area (Å²) in [4.78, 5) is 63.7. The number of aromatic amines is 1. The van der Waals surface area contributed by atoms with Gasteiger partial charge in [-0.25, -0.2) is 4.79 Å². The van der Waals surface area contributed by atoms with Crippen LogP contribution in [0, 0.1) is 5.92 Å². The van der Waals surface area contributed by atoms with Gasteiger partial charge in [0.15, 0.2) is 0 Å². The normalized spacial score (nSPS) is 14.5. The number of H-pyrrole nitrogens is 1. The summed E-state index contributed by atoms with van der Waals surface area (Å²) in [6.45, 7) is 4.97. The molecule has 12 nitrogen and oxygen atoms in total. The van der Waals surface area contributed by atoms with Crippen LogP contribution in [0.5, 0.6) is 0 Å². The second-order valence-corrected chi connectivity index (χ2v) is 8.96. The summed E-state index contributed by atoms with van der Waals surface area (Å²) in [5, 5.41) is 26.5. The molecule has 2 aromatic rings. The fourth-order valence-corrected chi connectivity index (χ4v) is 3.50. The van der Waals surface area contributed by atoms with Crippen LogP contribution in [-0.4, -0.2) is 69.0 Å². The lowest BCUT2D eigenvalue weighted by atomic mass is 10.0. The molecule has 4 unspecified atom stereocenters. The Morgan fingerprint density at radius 2 is 1.56 bits per heavy atom. The maximum Gasteiger partial charge on any atom is 0.326 e.